The Morgan fingerprint density at radius 2 is 1.75 bits per heavy atom. The van der Waals surface area contributed by atoms with E-state index in [4.69, 9.17) is 0 Å². The summed E-state index contributed by atoms with van der Waals surface area (Å²) in [6.45, 7) is 6.97. The summed E-state index contributed by atoms with van der Waals surface area (Å²) in [6.07, 6.45) is 4.43. The molecule has 0 saturated heterocycles. The van der Waals surface area contributed by atoms with Crippen molar-refractivity contribution in [3.63, 3.8) is 0 Å². The van der Waals surface area contributed by atoms with Crippen LogP contribution in [0.5, 0.6) is 0 Å². The third-order valence-corrected chi connectivity index (χ3v) is 1.60. The molecule has 0 atom stereocenters. The highest BCUT2D eigenvalue weighted by atomic mass is 14.3. The van der Waals surface area contributed by atoms with Gasteiger partial charge in [-0.15, -0.1) is 0 Å². The van der Waals surface area contributed by atoms with E-state index in [1.165, 1.54) is 19.3 Å². The average Bonchev–Trinajstić information content (AvgIpc) is 2.12. The first-order chi connectivity index (χ1) is 3.58. The summed E-state index contributed by atoms with van der Waals surface area (Å²) >= 11 is 0. The van der Waals surface area contributed by atoms with Gasteiger partial charge in [-0.3, -0.25) is 0 Å². The zero-order valence-corrected chi connectivity index (χ0v) is 6.20. The van der Waals surface area contributed by atoms with Gasteiger partial charge in [0.25, 0.3) is 0 Å². The third-order valence-electron chi connectivity index (χ3n) is 1.60. The van der Waals surface area contributed by atoms with E-state index < -0.39 is 0 Å². The van der Waals surface area contributed by atoms with E-state index >= 15 is 0 Å². The van der Waals surface area contributed by atoms with Gasteiger partial charge in [0.1, 0.15) is 0 Å². The minimum absolute atomic E-state index is 0.584. The molecule has 0 heteroatoms. The SMILES string of the molecule is CC(C)(C)CC1CC1. The van der Waals surface area contributed by atoms with E-state index in [9.17, 15) is 0 Å². The molecule has 0 heterocycles. The summed E-state index contributed by atoms with van der Waals surface area (Å²) in [5.74, 6) is 1.09. The molecule has 1 aliphatic carbocycles. The molecule has 1 aliphatic rings. The second kappa shape index (κ2) is 1.75. The standard InChI is InChI=1S/C8H16/c1-8(2,3)6-7-4-5-7/h7H,4-6H2,1-3H3. The Hall–Kier alpha value is 0. The molecule has 0 bridgehead atoms. The summed E-state index contributed by atoms with van der Waals surface area (Å²) in [5, 5.41) is 0. The predicted octanol–water partition coefficient (Wildman–Crippen LogP) is 2.83. The summed E-state index contributed by atoms with van der Waals surface area (Å²) < 4.78 is 0. The normalized spacial score (nSPS) is 21.4. The van der Waals surface area contributed by atoms with Crippen molar-refractivity contribution < 1.29 is 0 Å². The summed E-state index contributed by atoms with van der Waals surface area (Å²) in [7, 11) is 0. The highest BCUT2D eigenvalue weighted by molar-refractivity contribution is 4.78. The summed E-state index contributed by atoms with van der Waals surface area (Å²) in [6, 6.07) is 0. The number of hydrogen-bond acceptors (Lipinski definition) is 0. The van der Waals surface area contributed by atoms with Gasteiger partial charge in [0.05, 0.1) is 0 Å². The molecule has 0 unspecified atom stereocenters. The molecule has 0 amide bonds. The van der Waals surface area contributed by atoms with Crippen LogP contribution in [-0.4, -0.2) is 0 Å². The Labute approximate surface area is 52.3 Å². The number of rotatable bonds is 1. The van der Waals surface area contributed by atoms with Gasteiger partial charge >= 0.3 is 0 Å². The molecule has 0 N–H and O–H groups in total. The van der Waals surface area contributed by atoms with Gasteiger partial charge in [-0.1, -0.05) is 33.6 Å². The Balaban J connectivity index is 2.16. The molecule has 0 nitrogen and oxygen atoms in total. The first kappa shape index (κ1) is 6.12. The Bertz CT molecular complexity index is 72.5. The lowest BCUT2D eigenvalue weighted by Crippen LogP contribution is -2.04. The van der Waals surface area contributed by atoms with Gasteiger partial charge in [0, 0.05) is 0 Å². The Kier molecular flexibility index (Phi) is 1.34. The van der Waals surface area contributed by atoms with Gasteiger partial charge in [-0.2, -0.15) is 0 Å². The molecule has 1 rings (SSSR count). The van der Waals surface area contributed by atoms with Crippen LogP contribution in [0.25, 0.3) is 0 Å². The monoisotopic (exact) mass is 112 g/mol. The summed E-state index contributed by atoms with van der Waals surface area (Å²) in [4.78, 5) is 0. The predicted molar refractivity (Wildman–Crippen MR) is 36.8 cm³/mol. The fourth-order valence-corrected chi connectivity index (χ4v) is 1.19. The molecule has 0 aliphatic heterocycles. The smallest absolute Gasteiger partial charge is 0.0380 e. The first-order valence-electron chi connectivity index (χ1n) is 3.58. The lowest BCUT2D eigenvalue weighted by Gasteiger charge is -2.16. The number of hydrogen-bond donors (Lipinski definition) is 0. The van der Waals surface area contributed by atoms with E-state index in [1.54, 1.807) is 0 Å². The maximum absolute atomic E-state index is 2.32. The molecule has 1 fully saturated rings. The highest BCUT2D eigenvalue weighted by Gasteiger charge is 2.26. The fourth-order valence-electron chi connectivity index (χ4n) is 1.19. The van der Waals surface area contributed by atoms with Gasteiger partial charge < -0.3 is 0 Å². The van der Waals surface area contributed by atoms with Crippen LogP contribution < -0.4 is 0 Å². The quantitative estimate of drug-likeness (QED) is 0.489. The average molecular weight is 112 g/mol. The largest absolute Gasteiger partial charge is 0.0602 e. The van der Waals surface area contributed by atoms with Gasteiger partial charge in [-0.25, -0.2) is 0 Å². The third kappa shape index (κ3) is 2.34. The zero-order chi connectivity index (χ0) is 6.20. The molecule has 0 spiro atoms. The lowest BCUT2D eigenvalue weighted by atomic mass is 9.90. The highest BCUT2D eigenvalue weighted by Crippen LogP contribution is 2.39. The molecule has 0 aromatic heterocycles. The molecular weight excluding hydrogens is 96.1 g/mol. The minimum Gasteiger partial charge on any atom is -0.0602 e. The van der Waals surface area contributed by atoms with Crippen LogP contribution >= 0.6 is 0 Å². The minimum atomic E-state index is 0.584. The topological polar surface area (TPSA) is 0 Å². The van der Waals surface area contributed by atoms with Crippen molar-refractivity contribution in [2.24, 2.45) is 11.3 Å². The maximum atomic E-state index is 2.32. The van der Waals surface area contributed by atoms with E-state index in [2.05, 4.69) is 20.8 Å². The van der Waals surface area contributed by atoms with E-state index in [0.29, 0.717) is 5.41 Å². The molecular formula is C8H16. The van der Waals surface area contributed by atoms with Gasteiger partial charge in [0.2, 0.25) is 0 Å². The van der Waals surface area contributed by atoms with E-state index in [1.807, 2.05) is 0 Å². The molecule has 0 aromatic rings. The van der Waals surface area contributed by atoms with Crippen LogP contribution in [0.2, 0.25) is 0 Å². The van der Waals surface area contributed by atoms with Crippen LogP contribution in [-0.2, 0) is 0 Å². The zero-order valence-electron chi connectivity index (χ0n) is 6.20. The van der Waals surface area contributed by atoms with Crippen molar-refractivity contribution in [2.45, 2.75) is 40.0 Å². The second-order valence-electron chi connectivity index (χ2n) is 4.21. The summed E-state index contributed by atoms with van der Waals surface area (Å²) in [5.41, 5.74) is 0.584. The van der Waals surface area contributed by atoms with Crippen molar-refractivity contribution in [3.8, 4) is 0 Å². The molecule has 8 heavy (non-hydrogen) atoms. The second-order valence-corrected chi connectivity index (χ2v) is 4.21. The first-order valence-corrected chi connectivity index (χ1v) is 3.58. The van der Waals surface area contributed by atoms with Crippen molar-refractivity contribution in [1.29, 1.82) is 0 Å². The molecule has 1 saturated carbocycles. The van der Waals surface area contributed by atoms with Crippen LogP contribution in [0.15, 0.2) is 0 Å². The molecule has 0 aromatic carbocycles. The van der Waals surface area contributed by atoms with Crippen molar-refractivity contribution in [1.82, 2.24) is 0 Å². The van der Waals surface area contributed by atoms with E-state index in [-0.39, 0.29) is 0 Å². The lowest BCUT2D eigenvalue weighted by molar-refractivity contribution is 0.354. The molecule has 48 valence electrons. The van der Waals surface area contributed by atoms with Crippen molar-refractivity contribution in [3.05, 3.63) is 0 Å². The van der Waals surface area contributed by atoms with Crippen molar-refractivity contribution >= 4 is 0 Å². The van der Waals surface area contributed by atoms with Crippen LogP contribution in [0.4, 0.5) is 0 Å². The van der Waals surface area contributed by atoms with Crippen LogP contribution in [0, 0.1) is 11.3 Å². The van der Waals surface area contributed by atoms with Crippen molar-refractivity contribution in [2.75, 3.05) is 0 Å². The van der Waals surface area contributed by atoms with Gasteiger partial charge in [0.15, 0.2) is 0 Å². The Morgan fingerprint density at radius 3 is 1.88 bits per heavy atom. The fraction of sp³-hybridized carbons (Fsp3) is 1.00. The van der Waals surface area contributed by atoms with Gasteiger partial charge in [-0.05, 0) is 17.8 Å². The van der Waals surface area contributed by atoms with E-state index in [0.717, 1.165) is 5.92 Å². The van der Waals surface area contributed by atoms with Crippen LogP contribution in [0.3, 0.4) is 0 Å². The van der Waals surface area contributed by atoms with Crippen LogP contribution in [0.1, 0.15) is 40.0 Å². The Morgan fingerprint density at radius 1 is 1.25 bits per heavy atom. The maximum Gasteiger partial charge on any atom is -0.0380 e. The molecule has 0 radical (unpaired) electrons.